The van der Waals surface area contributed by atoms with Gasteiger partial charge in [0.15, 0.2) is 0 Å². The summed E-state index contributed by atoms with van der Waals surface area (Å²) in [5.41, 5.74) is 1.01. The van der Waals surface area contributed by atoms with Crippen molar-refractivity contribution in [1.29, 1.82) is 0 Å². The molecule has 1 aliphatic heterocycles. The third-order valence-electron chi connectivity index (χ3n) is 5.76. The highest BCUT2D eigenvalue weighted by Crippen LogP contribution is 2.49. The Morgan fingerprint density at radius 2 is 1.64 bits per heavy atom. The molecule has 1 aliphatic carbocycles. The number of piperazine rings is 1. The summed E-state index contributed by atoms with van der Waals surface area (Å²) in [4.78, 5) is 32.0. The van der Waals surface area contributed by atoms with E-state index in [1.807, 2.05) is 59.5 Å². The van der Waals surface area contributed by atoms with Crippen molar-refractivity contribution >= 4 is 34.8 Å². The first-order chi connectivity index (χ1) is 13.5. The molecule has 6 heteroatoms. The first-order valence-electron chi connectivity index (χ1n) is 9.64. The van der Waals surface area contributed by atoms with Crippen LogP contribution in [-0.2, 0) is 9.59 Å². The molecule has 0 spiro atoms. The van der Waals surface area contributed by atoms with Crippen molar-refractivity contribution in [3.05, 3.63) is 59.6 Å². The van der Waals surface area contributed by atoms with Crippen molar-refractivity contribution in [2.24, 2.45) is 5.41 Å². The summed E-state index contributed by atoms with van der Waals surface area (Å²) in [5, 5.41) is 0.711. The summed E-state index contributed by atoms with van der Waals surface area (Å²) in [6, 6.07) is 17.3. The first kappa shape index (κ1) is 18.8. The Balaban J connectivity index is 1.41. The van der Waals surface area contributed by atoms with E-state index >= 15 is 0 Å². The monoisotopic (exact) mass is 397 g/mol. The van der Waals surface area contributed by atoms with Crippen LogP contribution in [0.4, 0.5) is 11.4 Å². The van der Waals surface area contributed by atoms with Gasteiger partial charge in [-0.05, 0) is 43.2 Å². The summed E-state index contributed by atoms with van der Waals surface area (Å²) in [6.07, 6.45) is 1.27. The third-order valence-corrected chi connectivity index (χ3v) is 5.99. The summed E-state index contributed by atoms with van der Waals surface area (Å²) in [5.74, 6) is -0.119. The highest BCUT2D eigenvalue weighted by Gasteiger charge is 2.59. The summed E-state index contributed by atoms with van der Waals surface area (Å²) in [7, 11) is 1.75. The lowest BCUT2D eigenvalue weighted by atomic mass is 10.0. The number of benzene rings is 2. The molecular weight excluding hydrogens is 374 g/mol. The number of nitrogens with zero attached hydrogens (tertiary/aromatic N) is 3. The maximum absolute atomic E-state index is 13.2. The van der Waals surface area contributed by atoms with E-state index in [1.165, 1.54) is 0 Å². The molecular formula is C22H24ClN3O2. The molecule has 1 saturated heterocycles. The number of halogens is 1. The molecule has 2 aromatic rings. The number of hydrogen-bond donors (Lipinski definition) is 0. The van der Waals surface area contributed by atoms with Gasteiger partial charge in [-0.2, -0.15) is 0 Å². The van der Waals surface area contributed by atoms with Gasteiger partial charge in [0.05, 0.1) is 0 Å². The van der Waals surface area contributed by atoms with Gasteiger partial charge in [-0.25, -0.2) is 0 Å². The fraction of sp³-hybridized carbons (Fsp3) is 0.364. The minimum atomic E-state index is -0.872. The lowest BCUT2D eigenvalue weighted by Crippen LogP contribution is -2.53. The van der Waals surface area contributed by atoms with Crippen LogP contribution in [0, 0.1) is 5.41 Å². The molecule has 0 unspecified atom stereocenters. The lowest BCUT2D eigenvalue weighted by Gasteiger charge is -2.38. The maximum Gasteiger partial charge on any atom is 0.242 e. The third kappa shape index (κ3) is 3.47. The predicted octanol–water partition coefficient (Wildman–Crippen LogP) is 3.43. The van der Waals surface area contributed by atoms with E-state index in [4.69, 9.17) is 11.6 Å². The second-order valence-corrected chi connectivity index (χ2v) is 7.98. The van der Waals surface area contributed by atoms with Crippen LogP contribution in [-0.4, -0.2) is 49.9 Å². The number of carbonyl (C=O) groups is 2. The molecule has 2 amide bonds. The minimum absolute atomic E-state index is 0.0222. The molecule has 0 atom stereocenters. The number of rotatable bonds is 4. The molecule has 0 N–H and O–H groups in total. The second kappa shape index (κ2) is 7.47. The normalized spacial score (nSPS) is 17.9. The SMILES string of the molecule is CN(C(=O)C1(C(=O)N2CCN(c3cccc(Cl)c3)CC2)CC1)c1ccccc1. The van der Waals surface area contributed by atoms with Crippen molar-refractivity contribution in [3.8, 4) is 0 Å². The zero-order chi connectivity index (χ0) is 19.7. The molecule has 2 fully saturated rings. The number of anilines is 2. The number of para-hydroxylation sites is 1. The van der Waals surface area contributed by atoms with Gasteiger partial charge < -0.3 is 14.7 Å². The fourth-order valence-corrected chi connectivity index (χ4v) is 4.06. The van der Waals surface area contributed by atoms with E-state index in [0.717, 1.165) is 24.5 Å². The van der Waals surface area contributed by atoms with Crippen molar-refractivity contribution in [2.45, 2.75) is 12.8 Å². The van der Waals surface area contributed by atoms with Crippen molar-refractivity contribution in [2.75, 3.05) is 43.0 Å². The summed E-state index contributed by atoms with van der Waals surface area (Å²) in [6.45, 7) is 2.72. The number of carbonyl (C=O) groups excluding carboxylic acids is 2. The molecule has 28 heavy (non-hydrogen) atoms. The molecule has 1 saturated carbocycles. The average molecular weight is 398 g/mol. The average Bonchev–Trinajstić information content (AvgIpc) is 3.55. The van der Waals surface area contributed by atoms with E-state index in [9.17, 15) is 9.59 Å². The first-order valence-corrected chi connectivity index (χ1v) is 10.0. The molecule has 5 nitrogen and oxygen atoms in total. The predicted molar refractivity (Wildman–Crippen MR) is 112 cm³/mol. The molecule has 146 valence electrons. The van der Waals surface area contributed by atoms with Crippen LogP contribution in [0.2, 0.25) is 5.02 Å². The van der Waals surface area contributed by atoms with Crippen LogP contribution in [0.1, 0.15) is 12.8 Å². The van der Waals surface area contributed by atoms with Gasteiger partial charge in [0.2, 0.25) is 11.8 Å². The van der Waals surface area contributed by atoms with Crippen LogP contribution >= 0.6 is 11.6 Å². The molecule has 0 aromatic heterocycles. The van der Waals surface area contributed by atoms with Crippen molar-refractivity contribution in [3.63, 3.8) is 0 Å². The molecule has 4 rings (SSSR count). The number of hydrogen-bond acceptors (Lipinski definition) is 3. The van der Waals surface area contributed by atoms with Gasteiger partial charge in [-0.15, -0.1) is 0 Å². The van der Waals surface area contributed by atoms with Crippen LogP contribution in [0.25, 0.3) is 0 Å². The topological polar surface area (TPSA) is 43.9 Å². The van der Waals surface area contributed by atoms with E-state index < -0.39 is 5.41 Å². The lowest BCUT2D eigenvalue weighted by molar-refractivity contribution is -0.143. The van der Waals surface area contributed by atoms with Gasteiger partial charge in [0.1, 0.15) is 5.41 Å². The summed E-state index contributed by atoms with van der Waals surface area (Å²) < 4.78 is 0. The Morgan fingerprint density at radius 1 is 0.964 bits per heavy atom. The largest absolute Gasteiger partial charge is 0.368 e. The van der Waals surface area contributed by atoms with E-state index in [-0.39, 0.29) is 11.8 Å². The maximum atomic E-state index is 13.2. The van der Waals surface area contributed by atoms with Crippen LogP contribution in [0.5, 0.6) is 0 Å². The number of amides is 2. The highest BCUT2D eigenvalue weighted by atomic mass is 35.5. The quantitative estimate of drug-likeness (QED) is 0.742. The van der Waals surface area contributed by atoms with Crippen molar-refractivity contribution in [1.82, 2.24) is 4.90 Å². The zero-order valence-corrected chi connectivity index (χ0v) is 16.7. The Labute approximate surface area is 170 Å². The van der Waals surface area contributed by atoms with Crippen LogP contribution in [0.3, 0.4) is 0 Å². The minimum Gasteiger partial charge on any atom is -0.368 e. The van der Waals surface area contributed by atoms with Crippen LogP contribution in [0.15, 0.2) is 54.6 Å². The molecule has 2 aliphatic rings. The Hall–Kier alpha value is -2.53. The molecule has 0 bridgehead atoms. The van der Waals surface area contributed by atoms with E-state index in [0.29, 0.717) is 31.0 Å². The molecule has 0 radical (unpaired) electrons. The van der Waals surface area contributed by atoms with Crippen LogP contribution < -0.4 is 9.80 Å². The molecule has 2 aromatic carbocycles. The van der Waals surface area contributed by atoms with Gasteiger partial charge in [0, 0.05) is 49.6 Å². The van der Waals surface area contributed by atoms with Gasteiger partial charge in [0.25, 0.3) is 0 Å². The second-order valence-electron chi connectivity index (χ2n) is 7.54. The highest BCUT2D eigenvalue weighted by molar-refractivity contribution is 6.30. The summed E-state index contributed by atoms with van der Waals surface area (Å²) >= 11 is 6.09. The molecule has 1 heterocycles. The van der Waals surface area contributed by atoms with Crippen molar-refractivity contribution < 1.29 is 9.59 Å². The Kier molecular flexibility index (Phi) is 5.02. The van der Waals surface area contributed by atoms with Gasteiger partial charge in [-0.1, -0.05) is 35.9 Å². The van der Waals surface area contributed by atoms with Gasteiger partial charge >= 0.3 is 0 Å². The van der Waals surface area contributed by atoms with E-state index in [2.05, 4.69) is 4.90 Å². The fourth-order valence-electron chi connectivity index (χ4n) is 3.88. The van der Waals surface area contributed by atoms with E-state index in [1.54, 1.807) is 11.9 Å². The van der Waals surface area contributed by atoms with Gasteiger partial charge in [-0.3, -0.25) is 9.59 Å². The smallest absolute Gasteiger partial charge is 0.242 e. The standard InChI is InChI=1S/C22H24ClN3O2/c1-24(18-7-3-2-4-8-18)20(27)22(10-11-22)21(28)26-14-12-25(13-15-26)19-9-5-6-17(23)16-19/h2-9,16H,10-15H2,1H3. The Morgan fingerprint density at radius 3 is 2.25 bits per heavy atom. The zero-order valence-electron chi connectivity index (χ0n) is 16.0. The Bertz CT molecular complexity index is 874.